The number of aromatic nitrogens is 5. The molecule has 3 heterocycles. The molecule has 2 aromatic rings. The molecule has 1 aliphatic heterocycles. The largest absolute Gasteiger partial charge is 0.363 e. The predicted molar refractivity (Wildman–Crippen MR) is 73.8 cm³/mol. The number of aromatic amines is 1. The number of hydrogen-bond donors (Lipinski definition) is 1. The van der Waals surface area contributed by atoms with Crippen LogP contribution in [0.5, 0.6) is 0 Å². The maximum atomic E-state index is 11.3. The summed E-state index contributed by atoms with van der Waals surface area (Å²) >= 11 is 0. The molecule has 0 bridgehead atoms. The van der Waals surface area contributed by atoms with E-state index in [1.807, 2.05) is 6.92 Å². The standard InChI is InChI=1S/C12H15N7O/c1-9-10(15-12(20)17-16-9)18-5-7-19(8-6-18)11-13-3-2-4-14-11/h2-4H,5-8H2,1H3,(H,15,17,20). The second-order valence-corrected chi connectivity index (χ2v) is 4.57. The highest BCUT2D eigenvalue weighted by atomic mass is 16.1. The fourth-order valence-electron chi connectivity index (χ4n) is 2.26. The molecule has 1 aliphatic rings. The van der Waals surface area contributed by atoms with Gasteiger partial charge in [-0.2, -0.15) is 10.1 Å². The molecule has 0 spiro atoms. The average Bonchev–Trinajstić information content (AvgIpc) is 2.51. The number of anilines is 2. The normalized spacial score (nSPS) is 15.4. The Morgan fingerprint density at radius 3 is 2.45 bits per heavy atom. The van der Waals surface area contributed by atoms with Gasteiger partial charge in [-0.25, -0.2) is 19.9 Å². The van der Waals surface area contributed by atoms with Gasteiger partial charge in [0.05, 0.1) is 0 Å². The van der Waals surface area contributed by atoms with Crippen LogP contribution in [0.2, 0.25) is 0 Å². The molecule has 0 unspecified atom stereocenters. The number of rotatable bonds is 2. The number of aryl methyl sites for hydroxylation is 1. The number of nitrogens with zero attached hydrogens (tertiary/aromatic N) is 6. The lowest BCUT2D eigenvalue weighted by Gasteiger charge is -2.35. The fourth-order valence-corrected chi connectivity index (χ4v) is 2.26. The van der Waals surface area contributed by atoms with E-state index in [1.54, 1.807) is 18.5 Å². The fraction of sp³-hybridized carbons (Fsp3) is 0.417. The second kappa shape index (κ2) is 5.24. The third-order valence-corrected chi connectivity index (χ3v) is 3.26. The molecule has 20 heavy (non-hydrogen) atoms. The van der Waals surface area contributed by atoms with Crippen molar-refractivity contribution in [3.63, 3.8) is 0 Å². The van der Waals surface area contributed by atoms with Crippen LogP contribution in [0.15, 0.2) is 23.3 Å². The van der Waals surface area contributed by atoms with Gasteiger partial charge in [0.1, 0.15) is 5.69 Å². The maximum Gasteiger partial charge on any atom is 0.363 e. The molecule has 8 nitrogen and oxygen atoms in total. The molecule has 0 radical (unpaired) electrons. The summed E-state index contributed by atoms with van der Waals surface area (Å²) in [4.78, 5) is 28.0. The van der Waals surface area contributed by atoms with Crippen molar-refractivity contribution in [3.8, 4) is 0 Å². The second-order valence-electron chi connectivity index (χ2n) is 4.57. The first-order valence-corrected chi connectivity index (χ1v) is 6.44. The molecule has 1 saturated heterocycles. The molecule has 104 valence electrons. The summed E-state index contributed by atoms with van der Waals surface area (Å²) in [5.41, 5.74) is 0.313. The maximum absolute atomic E-state index is 11.3. The van der Waals surface area contributed by atoms with Gasteiger partial charge in [0.15, 0.2) is 5.82 Å². The third-order valence-electron chi connectivity index (χ3n) is 3.26. The highest BCUT2D eigenvalue weighted by Gasteiger charge is 2.21. The van der Waals surface area contributed by atoms with Gasteiger partial charge in [0, 0.05) is 38.6 Å². The van der Waals surface area contributed by atoms with Crippen molar-refractivity contribution in [3.05, 3.63) is 34.6 Å². The minimum absolute atomic E-state index is 0.417. The minimum Gasteiger partial charge on any atom is -0.351 e. The predicted octanol–water partition coefficient (Wildman–Crippen LogP) is -0.410. The first kappa shape index (κ1) is 12.5. The summed E-state index contributed by atoms with van der Waals surface area (Å²) in [5.74, 6) is 1.39. The molecular formula is C12H15N7O. The number of piperazine rings is 1. The molecule has 2 aromatic heterocycles. The van der Waals surface area contributed by atoms with Crippen LogP contribution in [0.25, 0.3) is 0 Å². The van der Waals surface area contributed by atoms with E-state index < -0.39 is 5.69 Å². The van der Waals surface area contributed by atoms with Crippen molar-refractivity contribution >= 4 is 11.8 Å². The first-order valence-electron chi connectivity index (χ1n) is 6.44. The Balaban J connectivity index is 1.73. The lowest BCUT2D eigenvalue weighted by Crippen LogP contribution is -2.48. The highest BCUT2D eigenvalue weighted by Crippen LogP contribution is 2.16. The molecule has 8 heteroatoms. The average molecular weight is 273 g/mol. The van der Waals surface area contributed by atoms with E-state index in [9.17, 15) is 4.79 Å². The molecule has 0 saturated carbocycles. The van der Waals surface area contributed by atoms with Gasteiger partial charge in [-0.05, 0) is 13.0 Å². The summed E-state index contributed by atoms with van der Waals surface area (Å²) < 4.78 is 0. The molecule has 0 atom stereocenters. The van der Waals surface area contributed by atoms with Crippen LogP contribution in [0, 0.1) is 6.92 Å². The first-order chi connectivity index (χ1) is 9.74. The van der Waals surface area contributed by atoms with E-state index in [4.69, 9.17) is 0 Å². The number of nitrogens with one attached hydrogen (secondary N) is 1. The van der Waals surface area contributed by atoms with Crippen molar-refractivity contribution in [1.82, 2.24) is 25.1 Å². The van der Waals surface area contributed by atoms with E-state index in [0.29, 0.717) is 5.82 Å². The van der Waals surface area contributed by atoms with Crippen molar-refractivity contribution in [2.45, 2.75) is 6.92 Å². The van der Waals surface area contributed by atoms with Gasteiger partial charge in [-0.15, -0.1) is 0 Å². The SMILES string of the molecule is Cc1n[nH]c(=O)nc1N1CCN(c2ncccn2)CC1. The van der Waals surface area contributed by atoms with Crippen molar-refractivity contribution in [2.75, 3.05) is 36.0 Å². The van der Waals surface area contributed by atoms with Crippen molar-refractivity contribution < 1.29 is 0 Å². The number of hydrogen-bond acceptors (Lipinski definition) is 7. The van der Waals surface area contributed by atoms with Crippen LogP contribution >= 0.6 is 0 Å². The van der Waals surface area contributed by atoms with Crippen molar-refractivity contribution in [2.24, 2.45) is 0 Å². The summed E-state index contributed by atoms with van der Waals surface area (Å²) in [6, 6.07) is 1.80. The Bertz CT molecular complexity index is 634. The molecule has 1 fully saturated rings. The number of H-pyrrole nitrogens is 1. The topological polar surface area (TPSA) is 90.9 Å². The summed E-state index contributed by atoms with van der Waals surface area (Å²) in [6.45, 7) is 4.94. The zero-order chi connectivity index (χ0) is 13.9. The van der Waals surface area contributed by atoms with Gasteiger partial charge >= 0.3 is 5.69 Å². The van der Waals surface area contributed by atoms with Crippen LogP contribution in [0.1, 0.15) is 5.69 Å². The van der Waals surface area contributed by atoms with Crippen LogP contribution in [-0.4, -0.2) is 51.3 Å². The lowest BCUT2D eigenvalue weighted by atomic mass is 10.3. The summed E-state index contributed by atoms with van der Waals surface area (Å²) in [7, 11) is 0. The minimum atomic E-state index is -0.417. The van der Waals surface area contributed by atoms with E-state index in [1.165, 1.54) is 0 Å². The van der Waals surface area contributed by atoms with Crippen LogP contribution in [0.3, 0.4) is 0 Å². The highest BCUT2D eigenvalue weighted by molar-refractivity contribution is 5.44. The lowest BCUT2D eigenvalue weighted by molar-refractivity contribution is 0.627. The Morgan fingerprint density at radius 1 is 1.10 bits per heavy atom. The molecule has 0 aliphatic carbocycles. The zero-order valence-electron chi connectivity index (χ0n) is 11.2. The van der Waals surface area contributed by atoms with Gasteiger partial charge in [-0.3, -0.25) is 0 Å². The Labute approximate surface area is 115 Å². The molecule has 0 amide bonds. The van der Waals surface area contributed by atoms with E-state index in [-0.39, 0.29) is 0 Å². The van der Waals surface area contributed by atoms with E-state index >= 15 is 0 Å². The van der Waals surface area contributed by atoms with E-state index in [2.05, 4.69) is 34.9 Å². The van der Waals surface area contributed by atoms with Crippen LogP contribution < -0.4 is 15.5 Å². The van der Waals surface area contributed by atoms with Crippen LogP contribution in [-0.2, 0) is 0 Å². The summed E-state index contributed by atoms with van der Waals surface area (Å²) in [5, 5.41) is 6.29. The monoisotopic (exact) mass is 273 g/mol. The Kier molecular flexibility index (Phi) is 3.28. The Hall–Kier alpha value is -2.51. The van der Waals surface area contributed by atoms with Gasteiger partial charge in [0.2, 0.25) is 5.95 Å². The molecule has 3 rings (SSSR count). The quantitative estimate of drug-likeness (QED) is 0.795. The zero-order valence-corrected chi connectivity index (χ0v) is 11.2. The van der Waals surface area contributed by atoms with Gasteiger partial charge < -0.3 is 9.80 Å². The molecule has 1 N–H and O–H groups in total. The van der Waals surface area contributed by atoms with Crippen molar-refractivity contribution in [1.29, 1.82) is 0 Å². The third kappa shape index (κ3) is 2.44. The van der Waals surface area contributed by atoms with Gasteiger partial charge in [-0.1, -0.05) is 0 Å². The molecule has 0 aromatic carbocycles. The van der Waals surface area contributed by atoms with E-state index in [0.717, 1.165) is 37.8 Å². The van der Waals surface area contributed by atoms with Gasteiger partial charge in [0.25, 0.3) is 0 Å². The smallest absolute Gasteiger partial charge is 0.351 e. The van der Waals surface area contributed by atoms with Crippen LogP contribution in [0.4, 0.5) is 11.8 Å². The molecular weight excluding hydrogens is 258 g/mol. The Morgan fingerprint density at radius 2 is 1.75 bits per heavy atom. The summed E-state index contributed by atoms with van der Waals surface area (Å²) in [6.07, 6.45) is 3.47.